The molecule has 0 atom stereocenters. The van der Waals surface area contributed by atoms with E-state index < -0.39 is 11.6 Å². The van der Waals surface area contributed by atoms with E-state index in [1.807, 2.05) is 6.07 Å². The molecule has 2 nitrogen and oxygen atoms in total. The van der Waals surface area contributed by atoms with Crippen LogP contribution in [0.2, 0.25) is 0 Å². The van der Waals surface area contributed by atoms with E-state index in [-0.39, 0.29) is 11.3 Å². The lowest BCUT2D eigenvalue weighted by molar-refractivity contribution is 0.103. The van der Waals surface area contributed by atoms with Crippen LogP contribution >= 0.6 is 0 Å². The molecule has 2 aromatic rings. The van der Waals surface area contributed by atoms with E-state index >= 15 is 0 Å². The summed E-state index contributed by atoms with van der Waals surface area (Å²) in [5, 5.41) is 0. The van der Waals surface area contributed by atoms with Crippen LogP contribution in [-0.2, 0) is 11.3 Å². The van der Waals surface area contributed by atoms with Crippen molar-refractivity contribution in [2.24, 2.45) is 0 Å². The smallest absolute Gasteiger partial charge is 0.193 e. The third-order valence-corrected chi connectivity index (χ3v) is 2.78. The van der Waals surface area contributed by atoms with Crippen molar-refractivity contribution >= 4 is 5.78 Å². The molecule has 103 valence electrons. The molecule has 0 bridgehead atoms. The summed E-state index contributed by atoms with van der Waals surface area (Å²) in [6, 6.07) is 9.93. The minimum atomic E-state index is -1.03. The third kappa shape index (κ3) is 3.27. The van der Waals surface area contributed by atoms with Crippen LogP contribution in [0.1, 0.15) is 21.5 Å². The molecular weight excluding hydrogens is 262 g/mol. The van der Waals surface area contributed by atoms with E-state index in [1.165, 1.54) is 6.07 Å². The second-order valence-electron chi connectivity index (χ2n) is 4.21. The fourth-order valence-electron chi connectivity index (χ4n) is 1.80. The lowest BCUT2D eigenvalue weighted by Gasteiger charge is -2.05. The molecule has 20 heavy (non-hydrogen) atoms. The number of carbonyl (C=O) groups is 1. The summed E-state index contributed by atoms with van der Waals surface area (Å²) in [6.07, 6.45) is 0. The van der Waals surface area contributed by atoms with Gasteiger partial charge in [0, 0.05) is 17.7 Å². The Bertz CT molecular complexity index is 624. The third-order valence-electron chi connectivity index (χ3n) is 2.78. The minimum Gasteiger partial charge on any atom is -0.377 e. The van der Waals surface area contributed by atoms with Gasteiger partial charge in [-0.1, -0.05) is 18.2 Å². The fraction of sp³-hybridized carbons (Fsp3) is 0.125. The van der Waals surface area contributed by atoms with Gasteiger partial charge in [0.1, 0.15) is 0 Å². The van der Waals surface area contributed by atoms with Crippen LogP contribution in [0.15, 0.2) is 42.5 Å². The van der Waals surface area contributed by atoms with Gasteiger partial charge in [-0.05, 0) is 36.8 Å². The van der Waals surface area contributed by atoms with Gasteiger partial charge < -0.3 is 4.74 Å². The normalized spacial score (nSPS) is 10.6. The van der Waals surface area contributed by atoms with Crippen LogP contribution in [0.25, 0.3) is 0 Å². The maximum absolute atomic E-state index is 13.1. The summed E-state index contributed by atoms with van der Waals surface area (Å²) >= 11 is 0. The number of ketones is 1. The number of hydrogen-bond donors (Lipinski definition) is 0. The maximum Gasteiger partial charge on any atom is 0.193 e. The topological polar surface area (TPSA) is 26.3 Å². The predicted octanol–water partition coefficient (Wildman–Crippen LogP) is 3.55. The summed E-state index contributed by atoms with van der Waals surface area (Å²) in [7, 11) is 0. The summed E-state index contributed by atoms with van der Waals surface area (Å²) in [4.78, 5) is 12.2. The van der Waals surface area contributed by atoms with E-state index in [0.717, 1.165) is 17.7 Å². The Morgan fingerprint density at radius 1 is 1.05 bits per heavy atom. The molecule has 2 aromatic carbocycles. The Hall–Kier alpha value is -2.07. The first-order valence-corrected chi connectivity index (χ1v) is 6.07. The molecular formula is C16H13F2O2. The van der Waals surface area contributed by atoms with Crippen molar-refractivity contribution in [2.45, 2.75) is 6.61 Å². The largest absolute Gasteiger partial charge is 0.377 e. The molecule has 0 unspecified atom stereocenters. The van der Waals surface area contributed by atoms with Gasteiger partial charge >= 0.3 is 0 Å². The highest BCUT2D eigenvalue weighted by atomic mass is 19.2. The van der Waals surface area contributed by atoms with Crippen LogP contribution < -0.4 is 0 Å². The van der Waals surface area contributed by atoms with Crippen molar-refractivity contribution in [3.05, 3.63) is 77.7 Å². The van der Waals surface area contributed by atoms with Gasteiger partial charge in [0.25, 0.3) is 0 Å². The first-order valence-electron chi connectivity index (χ1n) is 6.07. The second-order valence-corrected chi connectivity index (χ2v) is 4.21. The van der Waals surface area contributed by atoms with Crippen LogP contribution in [0.3, 0.4) is 0 Å². The van der Waals surface area contributed by atoms with Crippen molar-refractivity contribution in [1.82, 2.24) is 0 Å². The summed E-state index contributed by atoms with van der Waals surface area (Å²) < 4.78 is 31.2. The average Bonchev–Trinajstić information content (AvgIpc) is 2.47. The number of hydrogen-bond acceptors (Lipinski definition) is 2. The van der Waals surface area contributed by atoms with Crippen LogP contribution in [0.5, 0.6) is 0 Å². The number of rotatable bonds is 5. The lowest BCUT2D eigenvalue weighted by atomic mass is 10.0. The van der Waals surface area contributed by atoms with Gasteiger partial charge in [-0.25, -0.2) is 8.78 Å². The van der Waals surface area contributed by atoms with Crippen molar-refractivity contribution in [2.75, 3.05) is 6.61 Å². The predicted molar refractivity (Wildman–Crippen MR) is 71.2 cm³/mol. The quantitative estimate of drug-likeness (QED) is 0.780. The van der Waals surface area contributed by atoms with E-state index in [1.54, 1.807) is 18.2 Å². The highest BCUT2D eigenvalue weighted by Crippen LogP contribution is 2.15. The van der Waals surface area contributed by atoms with E-state index in [2.05, 4.69) is 6.92 Å². The lowest BCUT2D eigenvalue weighted by Crippen LogP contribution is -2.04. The van der Waals surface area contributed by atoms with Gasteiger partial charge in [-0.3, -0.25) is 4.79 Å². The monoisotopic (exact) mass is 275 g/mol. The molecule has 0 aliphatic heterocycles. The van der Waals surface area contributed by atoms with Crippen LogP contribution in [-0.4, -0.2) is 12.4 Å². The van der Waals surface area contributed by atoms with Gasteiger partial charge in [0.05, 0.1) is 6.61 Å². The molecule has 0 fully saturated rings. The summed E-state index contributed by atoms with van der Waals surface area (Å²) in [5.74, 6) is -2.37. The number of ether oxygens (including phenoxy) is 1. The van der Waals surface area contributed by atoms with Gasteiger partial charge in [-0.2, -0.15) is 0 Å². The number of halogens is 2. The van der Waals surface area contributed by atoms with Gasteiger partial charge in [0.2, 0.25) is 0 Å². The summed E-state index contributed by atoms with van der Waals surface area (Å²) in [5.41, 5.74) is 1.34. The first-order chi connectivity index (χ1) is 9.61. The van der Waals surface area contributed by atoms with Crippen molar-refractivity contribution in [3.63, 3.8) is 0 Å². The minimum absolute atomic E-state index is 0.110. The van der Waals surface area contributed by atoms with E-state index in [0.29, 0.717) is 18.8 Å². The Balaban J connectivity index is 2.26. The Morgan fingerprint density at radius 3 is 2.50 bits per heavy atom. The molecule has 0 saturated heterocycles. The van der Waals surface area contributed by atoms with Gasteiger partial charge in [0.15, 0.2) is 17.4 Å². The van der Waals surface area contributed by atoms with Crippen molar-refractivity contribution in [1.29, 1.82) is 0 Å². The fourth-order valence-corrected chi connectivity index (χ4v) is 1.80. The molecule has 0 N–H and O–H groups in total. The van der Waals surface area contributed by atoms with Crippen molar-refractivity contribution in [3.8, 4) is 0 Å². The zero-order chi connectivity index (χ0) is 14.5. The molecule has 0 amide bonds. The molecule has 0 aliphatic carbocycles. The zero-order valence-electron chi connectivity index (χ0n) is 10.7. The number of benzene rings is 2. The average molecular weight is 275 g/mol. The zero-order valence-corrected chi connectivity index (χ0v) is 10.7. The van der Waals surface area contributed by atoms with Crippen LogP contribution in [0, 0.1) is 18.6 Å². The molecule has 0 spiro atoms. The Kier molecular flexibility index (Phi) is 4.58. The molecule has 0 heterocycles. The molecule has 2 rings (SSSR count). The van der Waals surface area contributed by atoms with Gasteiger partial charge in [-0.15, -0.1) is 0 Å². The van der Waals surface area contributed by atoms with E-state index in [4.69, 9.17) is 4.74 Å². The van der Waals surface area contributed by atoms with E-state index in [9.17, 15) is 13.6 Å². The first kappa shape index (κ1) is 14.3. The SMILES string of the molecule is [CH2]COCc1cccc(C(=O)c2ccc(F)c(F)c2)c1. The maximum atomic E-state index is 13.1. The van der Waals surface area contributed by atoms with Crippen LogP contribution in [0.4, 0.5) is 8.78 Å². The van der Waals surface area contributed by atoms with Crippen molar-refractivity contribution < 1.29 is 18.3 Å². The Labute approximate surface area is 116 Å². The molecule has 0 aliphatic rings. The summed E-state index contributed by atoms with van der Waals surface area (Å²) in [6.45, 7) is 4.24. The highest BCUT2D eigenvalue weighted by Gasteiger charge is 2.12. The highest BCUT2D eigenvalue weighted by molar-refractivity contribution is 6.09. The second kappa shape index (κ2) is 6.39. The standard InChI is InChI=1S/C16H13F2O2/c1-2-20-10-11-4-3-5-12(8-11)16(19)13-6-7-14(17)15(18)9-13/h3-9H,1-2,10H2. The molecule has 1 radical (unpaired) electrons. The molecule has 0 aromatic heterocycles. The molecule has 4 heteroatoms. The Morgan fingerprint density at radius 2 is 1.80 bits per heavy atom. The molecule has 0 saturated carbocycles. The number of carbonyl (C=O) groups excluding carboxylic acids is 1.